The topological polar surface area (TPSA) is 84.7 Å². The van der Waals surface area contributed by atoms with Gasteiger partial charge in [0.2, 0.25) is 0 Å². The fourth-order valence-electron chi connectivity index (χ4n) is 1.97. The number of anilines is 1. The van der Waals surface area contributed by atoms with Crippen LogP contribution >= 0.6 is 0 Å². The van der Waals surface area contributed by atoms with E-state index >= 15 is 0 Å². The molecule has 1 saturated heterocycles. The Labute approximate surface area is 111 Å². The highest BCUT2D eigenvalue weighted by molar-refractivity contribution is 5.99. The van der Waals surface area contributed by atoms with Gasteiger partial charge in [-0.1, -0.05) is 12.1 Å². The van der Waals surface area contributed by atoms with Gasteiger partial charge >= 0.3 is 6.03 Å². The smallest absolute Gasteiger partial charge is 0.316 e. The van der Waals surface area contributed by atoms with E-state index < -0.39 is 6.03 Å². The van der Waals surface area contributed by atoms with Gasteiger partial charge in [-0.3, -0.25) is 9.69 Å². The molecule has 0 saturated carbocycles. The summed E-state index contributed by atoms with van der Waals surface area (Å²) in [7, 11) is 0. The Hall–Kier alpha value is -1.92. The van der Waals surface area contributed by atoms with Crippen LogP contribution < -0.4 is 11.1 Å². The number of nitrogens with zero attached hydrogens (tertiary/aromatic N) is 1. The number of nitrogens with two attached hydrogens (primary N) is 1. The van der Waals surface area contributed by atoms with E-state index in [1.165, 1.54) is 0 Å². The predicted molar refractivity (Wildman–Crippen MR) is 71.2 cm³/mol. The number of morpholine rings is 1. The van der Waals surface area contributed by atoms with Crippen LogP contribution in [0.5, 0.6) is 0 Å². The van der Waals surface area contributed by atoms with Gasteiger partial charge in [-0.15, -0.1) is 0 Å². The maximum atomic E-state index is 12.1. The molecule has 0 atom stereocenters. The number of hydrogen-bond donors (Lipinski definition) is 2. The van der Waals surface area contributed by atoms with Crippen LogP contribution in [-0.4, -0.2) is 49.6 Å². The van der Waals surface area contributed by atoms with Crippen molar-refractivity contribution in [3.63, 3.8) is 0 Å². The minimum absolute atomic E-state index is 0.0232. The summed E-state index contributed by atoms with van der Waals surface area (Å²) in [5.41, 5.74) is 6.14. The Kier molecular flexibility index (Phi) is 4.48. The monoisotopic (exact) mass is 263 g/mol. The number of urea groups is 1. The second-order valence-corrected chi connectivity index (χ2v) is 4.38. The first-order chi connectivity index (χ1) is 9.15. The van der Waals surface area contributed by atoms with Crippen molar-refractivity contribution in [1.29, 1.82) is 0 Å². The maximum Gasteiger partial charge on any atom is 0.316 e. The first-order valence-corrected chi connectivity index (χ1v) is 6.15. The summed E-state index contributed by atoms with van der Waals surface area (Å²) < 4.78 is 5.24. The molecule has 0 spiro atoms. The molecule has 0 radical (unpaired) electrons. The van der Waals surface area contributed by atoms with Gasteiger partial charge in [0.15, 0.2) is 5.78 Å². The van der Waals surface area contributed by atoms with Crippen molar-refractivity contribution in [2.75, 3.05) is 38.2 Å². The third-order valence-corrected chi connectivity index (χ3v) is 2.92. The highest BCUT2D eigenvalue weighted by atomic mass is 16.5. The molecular weight excluding hydrogens is 246 g/mol. The molecular formula is C13H17N3O3. The summed E-state index contributed by atoms with van der Waals surface area (Å²) in [6.07, 6.45) is 0. The van der Waals surface area contributed by atoms with Gasteiger partial charge in [-0.05, 0) is 12.1 Å². The van der Waals surface area contributed by atoms with Gasteiger partial charge in [0.1, 0.15) is 0 Å². The van der Waals surface area contributed by atoms with Crippen LogP contribution in [-0.2, 0) is 4.74 Å². The van der Waals surface area contributed by atoms with Crippen molar-refractivity contribution in [1.82, 2.24) is 4.90 Å². The summed E-state index contributed by atoms with van der Waals surface area (Å²) in [5, 5.41) is 2.46. The molecule has 0 unspecified atom stereocenters. The first-order valence-electron chi connectivity index (χ1n) is 6.15. The maximum absolute atomic E-state index is 12.1. The zero-order chi connectivity index (χ0) is 13.7. The van der Waals surface area contributed by atoms with Crippen LogP contribution in [0.4, 0.5) is 10.5 Å². The lowest BCUT2D eigenvalue weighted by molar-refractivity contribution is 0.0371. The third kappa shape index (κ3) is 4.04. The number of amides is 2. The highest BCUT2D eigenvalue weighted by Crippen LogP contribution is 2.12. The lowest BCUT2D eigenvalue weighted by Crippen LogP contribution is -2.39. The van der Waals surface area contributed by atoms with Crippen LogP contribution in [0.15, 0.2) is 24.3 Å². The molecule has 2 rings (SSSR count). The molecule has 3 N–H and O–H groups in total. The second-order valence-electron chi connectivity index (χ2n) is 4.38. The summed E-state index contributed by atoms with van der Waals surface area (Å²) >= 11 is 0. The van der Waals surface area contributed by atoms with Crippen LogP contribution in [0.2, 0.25) is 0 Å². The molecule has 0 aromatic heterocycles. The largest absolute Gasteiger partial charge is 0.379 e. The van der Waals surface area contributed by atoms with Crippen molar-refractivity contribution in [3.05, 3.63) is 29.8 Å². The molecule has 1 heterocycles. The normalized spacial score (nSPS) is 16.0. The Morgan fingerprint density at radius 3 is 2.74 bits per heavy atom. The predicted octanol–water partition coefficient (Wildman–Crippen LogP) is 0.692. The second kappa shape index (κ2) is 6.31. The minimum Gasteiger partial charge on any atom is -0.379 e. The number of hydrogen-bond acceptors (Lipinski definition) is 4. The lowest BCUT2D eigenvalue weighted by Gasteiger charge is -2.25. The van der Waals surface area contributed by atoms with E-state index in [-0.39, 0.29) is 5.78 Å². The molecule has 19 heavy (non-hydrogen) atoms. The minimum atomic E-state index is -0.641. The van der Waals surface area contributed by atoms with E-state index in [4.69, 9.17) is 10.5 Å². The number of nitrogens with one attached hydrogen (secondary N) is 1. The number of Topliss-reactive ketones (excluding diaryl/α,β-unsaturated/α-hetero) is 1. The van der Waals surface area contributed by atoms with E-state index in [2.05, 4.69) is 10.2 Å². The Balaban J connectivity index is 1.99. The summed E-state index contributed by atoms with van der Waals surface area (Å²) in [6.45, 7) is 3.23. The first kappa shape index (κ1) is 13.5. The molecule has 1 aromatic carbocycles. The molecule has 102 valence electrons. The molecule has 6 nitrogen and oxygen atoms in total. The van der Waals surface area contributed by atoms with Crippen molar-refractivity contribution in [3.8, 4) is 0 Å². The number of rotatable bonds is 4. The summed E-state index contributed by atoms with van der Waals surface area (Å²) in [4.78, 5) is 25.0. The number of carbonyl (C=O) groups is 2. The zero-order valence-corrected chi connectivity index (χ0v) is 10.6. The lowest BCUT2D eigenvalue weighted by atomic mass is 10.1. The molecule has 1 aromatic rings. The number of benzene rings is 1. The molecule has 1 aliphatic rings. The molecule has 2 amide bonds. The molecule has 0 aliphatic carbocycles. The van der Waals surface area contributed by atoms with Crippen molar-refractivity contribution in [2.45, 2.75) is 0 Å². The van der Waals surface area contributed by atoms with Crippen molar-refractivity contribution < 1.29 is 14.3 Å². The quantitative estimate of drug-likeness (QED) is 0.783. The fourth-order valence-corrected chi connectivity index (χ4v) is 1.97. The molecule has 1 fully saturated rings. The van der Waals surface area contributed by atoms with Gasteiger partial charge in [0, 0.05) is 24.3 Å². The average molecular weight is 263 g/mol. The van der Waals surface area contributed by atoms with Gasteiger partial charge in [-0.25, -0.2) is 4.79 Å². The van der Waals surface area contributed by atoms with Gasteiger partial charge in [-0.2, -0.15) is 0 Å². The Morgan fingerprint density at radius 2 is 2.05 bits per heavy atom. The van der Waals surface area contributed by atoms with E-state index in [9.17, 15) is 9.59 Å². The molecule has 0 bridgehead atoms. The number of primary amides is 1. The van der Waals surface area contributed by atoms with Crippen molar-refractivity contribution in [2.24, 2.45) is 5.73 Å². The Morgan fingerprint density at radius 1 is 1.32 bits per heavy atom. The van der Waals surface area contributed by atoms with E-state index in [1.54, 1.807) is 24.3 Å². The van der Waals surface area contributed by atoms with Crippen molar-refractivity contribution >= 4 is 17.5 Å². The van der Waals surface area contributed by atoms with E-state index in [1.807, 2.05) is 0 Å². The van der Waals surface area contributed by atoms with E-state index in [0.29, 0.717) is 31.0 Å². The van der Waals surface area contributed by atoms with Gasteiger partial charge < -0.3 is 15.8 Å². The average Bonchev–Trinajstić information content (AvgIpc) is 2.39. The Bertz CT molecular complexity index is 470. The van der Waals surface area contributed by atoms with E-state index in [0.717, 1.165) is 13.1 Å². The van der Waals surface area contributed by atoms with Crippen LogP contribution in [0.3, 0.4) is 0 Å². The van der Waals surface area contributed by atoms with Crippen LogP contribution in [0.25, 0.3) is 0 Å². The molecule has 6 heteroatoms. The highest BCUT2D eigenvalue weighted by Gasteiger charge is 2.15. The van der Waals surface area contributed by atoms with Crippen LogP contribution in [0, 0.1) is 0 Å². The summed E-state index contributed by atoms with van der Waals surface area (Å²) in [6, 6.07) is 6.13. The zero-order valence-electron chi connectivity index (χ0n) is 10.6. The van der Waals surface area contributed by atoms with Gasteiger partial charge in [0.25, 0.3) is 0 Å². The van der Waals surface area contributed by atoms with Gasteiger partial charge in [0.05, 0.1) is 19.8 Å². The fraction of sp³-hybridized carbons (Fsp3) is 0.385. The number of ketones is 1. The SMILES string of the molecule is NC(=O)Nc1cccc(C(=O)CN2CCOCC2)c1. The standard InChI is InChI=1S/C13H17N3O3/c14-13(18)15-11-3-1-2-10(8-11)12(17)9-16-4-6-19-7-5-16/h1-3,8H,4-7,9H2,(H3,14,15,18). The number of carbonyl (C=O) groups excluding carboxylic acids is 2. The van der Waals surface area contributed by atoms with Crippen LogP contribution in [0.1, 0.15) is 10.4 Å². The summed E-state index contributed by atoms with van der Waals surface area (Å²) in [5.74, 6) is 0.0232. The molecule has 1 aliphatic heterocycles. The number of ether oxygens (including phenoxy) is 1. The third-order valence-electron chi connectivity index (χ3n) is 2.92.